The minimum absolute atomic E-state index is 0.274. The van der Waals surface area contributed by atoms with Crippen LogP contribution in [-0.4, -0.2) is 20.1 Å². The van der Waals surface area contributed by atoms with E-state index in [0.717, 1.165) is 16.3 Å². The van der Waals surface area contributed by atoms with E-state index in [1.807, 2.05) is 42.5 Å². The first-order valence-corrected chi connectivity index (χ1v) is 5.50. The lowest BCUT2D eigenvalue weighted by Crippen LogP contribution is -2.26. The molecule has 0 aliphatic carbocycles. The topological polar surface area (TPSA) is 38.3 Å². The van der Waals surface area contributed by atoms with E-state index in [1.165, 1.54) is 7.11 Å². The van der Waals surface area contributed by atoms with Crippen LogP contribution in [0.2, 0.25) is 0 Å². The third-order valence-electron chi connectivity index (χ3n) is 2.86. The first-order valence-electron chi connectivity index (χ1n) is 5.50. The molecule has 17 heavy (non-hydrogen) atoms. The number of methoxy groups -OCH3 is 1. The van der Waals surface area contributed by atoms with E-state index in [-0.39, 0.29) is 5.97 Å². The molecule has 0 aliphatic rings. The van der Waals surface area contributed by atoms with Gasteiger partial charge in [-0.25, -0.2) is 4.79 Å². The fourth-order valence-electron chi connectivity index (χ4n) is 2.02. The molecular formula is C14H15NO2. The molecule has 0 amide bonds. The van der Waals surface area contributed by atoms with E-state index in [4.69, 9.17) is 4.74 Å². The number of nitrogens with one attached hydrogen (secondary N) is 1. The SMILES string of the molecule is CNC(C(=O)OC)c1cccc2ccccc12. The summed E-state index contributed by atoms with van der Waals surface area (Å²) in [4.78, 5) is 11.7. The summed E-state index contributed by atoms with van der Waals surface area (Å²) in [5.41, 5.74) is 0.942. The van der Waals surface area contributed by atoms with Gasteiger partial charge in [0.05, 0.1) is 7.11 Å². The molecule has 0 saturated heterocycles. The Morgan fingerprint density at radius 2 is 1.88 bits per heavy atom. The van der Waals surface area contributed by atoms with Crippen LogP contribution in [0.25, 0.3) is 10.8 Å². The minimum atomic E-state index is -0.425. The van der Waals surface area contributed by atoms with Gasteiger partial charge in [-0.15, -0.1) is 0 Å². The Bertz CT molecular complexity index is 531. The highest BCUT2D eigenvalue weighted by molar-refractivity contribution is 5.90. The van der Waals surface area contributed by atoms with E-state index in [9.17, 15) is 4.79 Å². The molecule has 0 spiro atoms. The number of fused-ring (bicyclic) bond motifs is 1. The van der Waals surface area contributed by atoms with Crippen molar-refractivity contribution < 1.29 is 9.53 Å². The van der Waals surface area contributed by atoms with Gasteiger partial charge in [-0.1, -0.05) is 42.5 Å². The molecule has 0 bridgehead atoms. The highest BCUT2D eigenvalue weighted by atomic mass is 16.5. The smallest absolute Gasteiger partial charge is 0.327 e. The Morgan fingerprint density at radius 1 is 1.18 bits per heavy atom. The van der Waals surface area contributed by atoms with Crippen molar-refractivity contribution in [2.24, 2.45) is 0 Å². The van der Waals surface area contributed by atoms with Gasteiger partial charge in [-0.05, 0) is 23.4 Å². The second-order valence-electron chi connectivity index (χ2n) is 3.81. The molecule has 2 rings (SSSR count). The molecule has 3 nitrogen and oxygen atoms in total. The van der Waals surface area contributed by atoms with Crippen molar-refractivity contribution in [1.29, 1.82) is 0 Å². The van der Waals surface area contributed by atoms with Crippen molar-refractivity contribution in [2.75, 3.05) is 14.2 Å². The Hall–Kier alpha value is -1.87. The Kier molecular flexibility index (Phi) is 3.40. The number of hydrogen-bond donors (Lipinski definition) is 1. The number of esters is 1. The fraction of sp³-hybridized carbons (Fsp3) is 0.214. The van der Waals surface area contributed by atoms with Gasteiger partial charge >= 0.3 is 5.97 Å². The summed E-state index contributed by atoms with van der Waals surface area (Å²) in [5, 5.41) is 5.18. The molecule has 0 saturated carbocycles. The lowest BCUT2D eigenvalue weighted by Gasteiger charge is -2.16. The van der Waals surface area contributed by atoms with E-state index < -0.39 is 6.04 Å². The number of carbonyl (C=O) groups excluding carboxylic acids is 1. The van der Waals surface area contributed by atoms with Gasteiger partial charge in [0.1, 0.15) is 6.04 Å². The Balaban J connectivity index is 2.57. The summed E-state index contributed by atoms with van der Waals surface area (Å²) < 4.78 is 4.81. The number of likely N-dealkylation sites (N-methyl/N-ethyl adjacent to an activating group) is 1. The molecule has 0 fully saturated rings. The van der Waals surface area contributed by atoms with Crippen LogP contribution in [0.3, 0.4) is 0 Å². The summed E-state index contributed by atoms with van der Waals surface area (Å²) >= 11 is 0. The van der Waals surface area contributed by atoms with Crippen molar-refractivity contribution in [1.82, 2.24) is 5.32 Å². The normalized spacial score (nSPS) is 12.4. The highest BCUT2D eigenvalue weighted by Gasteiger charge is 2.20. The van der Waals surface area contributed by atoms with Crippen LogP contribution in [0, 0.1) is 0 Å². The zero-order chi connectivity index (χ0) is 12.3. The highest BCUT2D eigenvalue weighted by Crippen LogP contribution is 2.24. The van der Waals surface area contributed by atoms with Crippen LogP contribution in [0.5, 0.6) is 0 Å². The van der Waals surface area contributed by atoms with Crippen molar-refractivity contribution in [3.8, 4) is 0 Å². The predicted octanol–water partition coefficient (Wildman–Crippen LogP) is 2.27. The van der Waals surface area contributed by atoms with E-state index in [0.29, 0.717) is 0 Å². The summed E-state index contributed by atoms with van der Waals surface area (Å²) in [6, 6.07) is 13.5. The number of benzene rings is 2. The average Bonchev–Trinajstić information content (AvgIpc) is 2.39. The molecule has 2 aromatic carbocycles. The minimum Gasteiger partial charge on any atom is -0.468 e. The second kappa shape index (κ2) is 4.97. The quantitative estimate of drug-likeness (QED) is 0.820. The van der Waals surface area contributed by atoms with Crippen LogP contribution in [0.1, 0.15) is 11.6 Å². The lowest BCUT2D eigenvalue weighted by molar-refractivity contribution is -0.143. The van der Waals surface area contributed by atoms with E-state index >= 15 is 0 Å². The van der Waals surface area contributed by atoms with Crippen LogP contribution in [-0.2, 0) is 9.53 Å². The molecular weight excluding hydrogens is 214 g/mol. The molecule has 0 radical (unpaired) electrons. The third-order valence-corrected chi connectivity index (χ3v) is 2.86. The summed E-state index contributed by atoms with van der Waals surface area (Å²) in [6.45, 7) is 0. The van der Waals surface area contributed by atoms with Crippen LogP contribution in [0.15, 0.2) is 42.5 Å². The van der Waals surface area contributed by atoms with Gasteiger partial charge in [0, 0.05) is 0 Å². The van der Waals surface area contributed by atoms with Crippen LogP contribution < -0.4 is 5.32 Å². The largest absolute Gasteiger partial charge is 0.468 e. The molecule has 88 valence electrons. The molecule has 1 N–H and O–H groups in total. The first kappa shape index (κ1) is 11.6. The zero-order valence-electron chi connectivity index (χ0n) is 9.94. The Labute approximate surface area is 100 Å². The third kappa shape index (κ3) is 2.15. The molecule has 2 aromatic rings. The lowest BCUT2D eigenvalue weighted by atomic mass is 9.99. The predicted molar refractivity (Wildman–Crippen MR) is 67.8 cm³/mol. The number of hydrogen-bond acceptors (Lipinski definition) is 3. The maximum Gasteiger partial charge on any atom is 0.327 e. The number of rotatable bonds is 3. The van der Waals surface area contributed by atoms with E-state index in [1.54, 1.807) is 7.05 Å². The first-order chi connectivity index (χ1) is 8.27. The van der Waals surface area contributed by atoms with Crippen molar-refractivity contribution in [3.63, 3.8) is 0 Å². The Morgan fingerprint density at radius 3 is 2.59 bits per heavy atom. The summed E-state index contributed by atoms with van der Waals surface area (Å²) in [6.07, 6.45) is 0. The van der Waals surface area contributed by atoms with Gasteiger partial charge in [-0.2, -0.15) is 0 Å². The molecule has 1 atom stereocenters. The monoisotopic (exact) mass is 229 g/mol. The molecule has 0 heterocycles. The zero-order valence-corrected chi connectivity index (χ0v) is 9.94. The fourth-order valence-corrected chi connectivity index (χ4v) is 2.02. The standard InChI is InChI=1S/C14H15NO2/c1-15-13(14(16)17-2)12-9-5-7-10-6-3-4-8-11(10)12/h3-9,13,15H,1-2H3. The van der Waals surface area contributed by atoms with Gasteiger partial charge < -0.3 is 10.1 Å². The number of ether oxygens (including phenoxy) is 1. The van der Waals surface area contributed by atoms with Crippen LogP contribution in [0.4, 0.5) is 0 Å². The van der Waals surface area contributed by atoms with Gasteiger partial charge in [0.15, 0.2) is 0 Å². The van der Waals surface area contributed by atoms with Gasteiger partial charge in [0.25, 0.3) is 0 Å². The van der Waals surface area contributed by atoms with Crippen molar-refractivity contribution in [3.05, 3.63) is 48.0 Å². The summed E-state index contributed by atoms with van der Waals surface area (Å²) in [7, 11) is 3.15. The van der Waals surface area contributed by atoms with Gasteiger partial charge in [-0.3, -0.25) is 0 Å². The molecule has 0 aliphatic heterocycles. The average molecular weight is 229 g/mol. The maximum absolute atomic E-state index is 11.7. The van der Waals surface area contributed by atoms with Crippen LogP contribution >= 0.6 is 0 Å². The van der Waals surface area contributed by atoms with Crippen molar-refractivity contribution >= 4 is 16.7 Å². The molecule has 0 aromatic heterocycles. The van der Waals surface area contributed by atoms with Gasteiger partial charge in [0.2, 0.25) is 0 Å². The number of carbonyl (C=O) groups is 1. The maximum atomic E-state index is 11.7. The molecule has 1 unspecified atom stereocenters. The van der Waals surface area contributed by atoms with Crippen molar-refractivity contribution in [2.45, 2.75) is 6.04 Å². The second-order valence-corrected chi connectivity index (χ2v) is 3.81. The molecule has 3 heteroatoms. The van der Waals surface area contributed by atoms with E-state index in [2.05, 4.69) is 5.32 Å². The summed E-state index contributed by atoms with van der Waals surface area (Å²) in [5.74, 6) is -0.274.